The summed E-state index contributed by atoms with van der Waals surface area (Å²) in [5.41, 5.74) is 0. The van der Waals surface area contributed by atoms with Crippen molar-refractivity contribution in [3.8, 4) is 0 Å². The van der Waals surface area contributed by atoms with Crippen molar-refractivity contribution < 1.29 is 17.9 Å². The standard InChI is InChI=1S/C13H18O4S2/c1-9(13(14)17-3)10(2)18-11-5-7-12(8-6-11)19(4,15)16/h5-10H,1-4H3. The Bertz CT molecular complexity index is 534. The molecule has 0 amide bonds. The van der Waals surface area contributed by atoms with Crippen molar-refractivity contribution in [2.24, 2.45) is 5.92 Å². The van der Waals surface area contributed by atoms with E-state index in [0.717, 1.165) is 4.90 Å². The maximum Gasteiger partial charge on any atom is 0.309 e. The Hall–Kier alpha value is -1.01. The number of rotatable bonds is 5. The topological polar surface area (TPSA) is 60.4 Å². The van der Waals surface area contributed by atoms with Crippen LogP contribution in [0.5, 0.6) is 0 Å². The number of carbonyl (C=O) groups is 1. The van der Waals surface area contributed by atoms with Gasteiger partial charge in [0.05, 0.1) is 17.9 Å². The summed E-state index contributed by atoms with van der Waals surface area (Å²) in [7, 11) is -1.79. The highest BCUT2D eigenvalue weighted by Gasteiger charge is 2.21. The van der Waals surface area contributed by atoms with Crippen molar-refractivity contribution in [3.63, 3.8) is 0 Å². The molecular formula is C13H18O4S2. The summed E-state index contributed by atoms with van der Waals surface area (Å²) in [5.74, 6) is -0.461. The summed E-state index contributed by atoms with van der Waals surface area (Å²) in [6.07, 6.45) is 1.18. The maximum absolute atomic E-state index is 11.4. The maximum atomic E-state index is 11.4. The number of methoxy groups -OCH3 is 1. The van der Waals surface area contributed by atoms with Gasteiger partial charge in [-0.05, 0) is 24.3 Å². The Morgan fingerprint density at radius 3 is 2.16 bits per heavy atom. The van der Waals surface area contributed by atoms with Gasteiger partial charge in [-0.25, -0.2) is 8.42 Å². The molecule has 1 aromatic rings. The molecule has 1 aromatic carbocycles. The van der Waals surface area contributed by atoms with E-state index in [0.29, 0.717) is 4.90 Å². The lowest BCUT2D eigenvalue weighted by Gasteiger charge is -2.17. The first-order valence-electron chi connectivity index (χ1n) is 5.80. The van der Waals surface area contributed by atoms with Gasteiger partial charge in [-0.3, -0.25) is 4.79 Å². The van der Waals surface area contributed by atoms with Gasteiger partial charge in [-0.15, -0.1) is 11.8 Å². The van der Waals surface area contributed by atoms with Crippen LogP contribution in [0.2, 0.25) is 0 Å². The Kier molecular flexibility index (Phi) is 5.43. The summed E-state index contributed by atoms with van der Waals surface area (Å²) in [6, 6.07) is 6.66. The smallest absolute Gasteiger partial charge is 0.309 e. The fourth-order valence-corrected chi connectivity index (χ4v) is 3.13. The molecule has 4 nitrogen and oxygen atoms in total. The Morgan fingerprint density at radius 2 is 1.74 bits per heavy atom. The number of thioether (sulfide) groups is 1. The van der Waals surface area contributed by atoms with Gasteiger partial charge in [0.15, 0.2) is 9.84 Å². The highest BCUT2D eigenvalue weighted by atomic mass is 32.2. The highest BCUT2D eigenvalue weighted by molar-refractivity contribution is 8.00. The molecule has 2 atom stereocenters. The molecule has 19 heavy (non-hydrogen) atoms. The second kappa shape index (κ2) is 6.43. The van der Waals surface area contributed by atoms with Crippen LogP contribution in [-0.2, 0) is 19.4 Å². The molecule has 0 aromatic heterocycles. The van der Waals surface area contributed by atoms with Crippen molar-refractivity contribution in [2.75, 3.05) is 13.4 Å². The molecule has 0 heterocycles. The van der Waals surface area contributed by atoms with E-state index in [-0.39, 0.29) is 17.1 Å². The summed E-state index contributed by atoms with van der Waals surface area (Å²) in [6.45, 7) is 3.76. The number of ether oxygens (including phenoxy) is 1. The van der Waals surface area contributed by atoms with Crippen molar-refractivity contribution in [1.29, 1.82) is 0 Å². The average Bonchev–Trinajstić information content (AvgIpc) is 2.36. The molecule has 0 saturated heterocycles. The fourth-order valence-electron chi connectivity index (χ4n) is 1.46. The third kappa shape index (κ3) is 4.54. The first-order valence-corrected chi connectivity index (χ1v) is 8.57. The third-order valence-corrected chi connectivity index (χ3v) is 5.30. The largest absolute Gasteiger partial charge is 0.469 e. The van der Waals surface area contributed by atoms with Crippen molar-refractivity contribution in [2.45, 2.75) is 28.9 Å². The van der Waals surface area contributed by atoms with Crippen molar-refractivity contribution in [1.82, 2.24) is 0 Å². The molecule has 0 radical (unpaired) electrons. The summed E-state index contributed by atoms with van der Waals surface area (Å²) < 4.78 is 27.4. The molecule has 106 valence electrons. The van der Waals surface area contributed by atoms with Crippen LogP contribution in [0.3, 0.4) is 0 Å². The van der Waals surface area contributed by atoms with E-state index in [2.05, 4.69) is 0 Å². The van der Waals surface area contributed by atoms with Gasteiger partial charge in [-0.2, -0.15) is 0 Å². The lowest BCUT2D eigenvalue weighted by molar-refractivity contribution is -0.144. The molecule has 0 N–H and O–H groups in total. The van der Waals surface area contributed by atoms with Crippen LogP contribution < -0.4 is 0 Å². The minimum absolute atomic E-state index is 0.0523. The van der Waals surface area contributed by atoms with Gasteiger partial charge in [0.2, 0.25) is 0 Å². The number of sulfone groups is 1. The van der Waals surface area contributed by atoms with E-state index in [1.165, 1.54) is 25.1 Å². The van der Waals surface area contributed by atoms with Crippen LogP contribution in [0.25, 0.3) is 0 Å². The molecule has 1 rings (SSSR count). The van der Waals surface area contributed by atoms with Gasteiger partial charge in [-0.1, -0.05) is 13.8 Å². The van der Waals surface area contributed by atoms with Gasteiger partial charge in [0, 0.05) is 16.4 Å². The van der Waals surface area contributed by atoms with E-state index < -0.39 is 9.84 Å². The molecule has 6 heteroatoms. The number of hydrogen-bond donors (Lipinski definition) is 0. The number of hydrogen-bond acceptors (Lipinski definition) is 5. The normalized spacial score (nSPS) is 14.7. The van der Waals surface area contributed by atoms with Crippen molar-refractivity contribution in [3.05, 3.63) is 24.3 Å². The lowest BCUT2D eigenvalue weighted by atomic mass is 10.1. The van der Waals surface area contributed by atoms with Crippen molar-refractivity contribution >= 4 is 27.6 Å². The molecule has 0 saturated carbocycles. The van der Waals surface area contributed by atoms with E-state index >= 15 is 0 Å². The molecule has 0 spiro atoms. The highest BCUT2D eigenvalue weighted by Crippen LogP contribution is 2.29. The predicted octanol–water partition coefficient (Wildman–Crippen LogP) is 2.38. The lowest BCUT2D eigenvalue weighted by Crippen LogP contribution is -2.21. The molecule has 0 bridgehead atoms. The van der Waals surface area contributed by atoms with Crippen LogP contribution >= 0.6 is 11.8 Å². The van der Waals surface area contributed by atoms with E-state index in [1.807, 2.05) is 13.8 Å². The van der Waals surface area contributed by atoms with Crippen LogP contribution in [0.4, 0.5) is 0 Å². The van der Waals surface area contributed by atoms with Gasteiger partial charge in [0.1, 0.15) is 0 Å². The zero-order chi connectivity index (χ0) is 14.6. The predicted molar refractivity (Wildman–Crippen MR) is 76.1 cm³/mol. The number of carbonyl (C=O) groups excluding carboxylic acids is 1. The van der Waals surface area contributed by atoms with Crippen LogP contribution in [0.15, 0.2) is 34.1 Å². The Morgan fingerprint density at radius 1 is 1.21 bits per heavy atom. The SMILES string of the molecule is COC(=O)C(C)C(C)Sc1ccc(S(C)(=O)=O)cc1. The average molecular weight is 302 g/mol. The molecule has 0 fully saturated rings. The van der Waals surface area contributed by atoms with Gasteiger partial charge in [0.25, 0.3) is 0 Å². The summed E-state index contributed by atoms with van der Waals surface area (Å²) >= 11 is 1.52. The van der Waals surface area contributed by atoms with Crippen LogP contribution in [0, 0.1) is 5.92 Å². The summed E-state index contributed by atoms with van der Waals surface area (Å²) in [5, 5.41) is 0.0523. The zero-order valence-electron chi connectivity index (χ0n) is 11.4. The first-order chi connectivity index (χ1) is 8.75. The van der Waals surface area contributed by atoms with E-state index in [4.69, 9.17) is 4.74 Å². The molecule has 0 aliphatic carbocycles. The van der Waals surface area contributed by atoms with Crippen LogP contribution in [0.1, 0.15) is 13.8 Å². The minimum Gasteiger partial charge on any atom is -0.469 e. The quantitative estimate of drug-likeness (QED) is 0.617. The fraction of sp³-hybridized carbons (Fsp3) is 0.462. The molecule has 0 aliphatic heterocycles. The number of esters is 1. The molecule has 2 unspecified atom stereocenters. The Balaban J connectivity index is 2.76. The second-order valence-electron chi connectivity index (χ2n) is 4.38. The van der Waals surface area contributed by atoms with Gasteiger partial charge >= 0.3 is 5.97 Å². The third-order valence-electron chi connectivity index (χ3n) is 2.85. The zero-order valence-corrected chi connectivity index (χ0v) is 13.0. The monoisotopic (exact) mass is 302 g/mol. The van der Waals surface area contributed by atoms with Crippen LogP contribution in [-0.4, -0.2) is 33.0 Å². The molecule has 0 aliphatic rings. The summed E-state index contributed by atoms with van der Waals surface area (Å²) in [4.78, 5) is 12.6. The van der Waals surface area contributed by atoms with E-state index in [1.54, 1.807) is 24.3 Å². The number of benzene rings is 1. The molecular weight excluding hydrogens is 284 g/mol. The van der Waals surface area contributed by atoms with E-state index in [9.17, 15) is 13.2 Å². The second-order valence-corrected chi connectivity index (χ2v) is 7.84. The first kappa shape index (κ1) is 16.0. The Labute approximate surface area is 118 Å². The van der Waals surface area contributed by atoms with Gasteiger partial charge < -0.3 is 4.74 Å². The minimum atomic E-state index is -3.17.